The van der Waals surface area contributed by atoms with E-state index in [9.17, 15) is 4.79 Å². The van der Waals surface area contributed by atoms with Crippen LogP contribution in [0.2, 0.25) is 0 Å². The molecule has 0 fully saturated rings. The third-order valence-corrected chi connectivity index (χ3v) is 2.18. The Morgan fingerprint density at radius 2 is 1.59 bits per heavy atom. The Labute approximate surface area is 122 Å². The molecule has 0 aliphatic rings. The lowest BCUT2D eigenvalue weighted by atomic mass is 10.1. The SMILES string of the molecule is N=NC(=NN)Oc1cc(N)c(C(N)=O)c(OC(N=N)=NN)c1. The molecule has 0 unspecified atom stereocenters. The van der Waals surface area contributed by atoms with Gasteiger partial charge in [0.05, 0.1) is 5.69 Å². The Kier molecular flexibility index (Phi) is 5.28. The second kappa shape index (κ2) is 7.13. The van der Waals surface area contributed by atoms with Gasteiger partial charge in [-0.2, -0.15) is 11.1 Å². The van der Waals surface area contributed by atoms with E-state index in [-0.39, 0.29) is 22.7 Å². The number of hydrogen-bond acceptors (Lipinski definition) is 10. The zero-order valence-electron chi connectivity index (χ0n) is 11.0. The highest BCUT2D eigenvalue weighted by Gasteiger charge is 2.19. The van der Waals surface area contributed by atoms with Crippen molar-refractivity contribution in [2.24, 2.45) is 37.9 Å². The monoisotopic (exact) mass is 308 g/mol. The van der Waals surface area contributed by atoms with Gasteiger partial charge in [0.15, 0.2) is 0 Å². The number of hydrazone groups is 2. The third kappa shape index (κ3) is 3.62. The average molecular weight is 308 g/mol. The minimum atomic E-state index is -0.904. The first-order valence-electron chi connectivity index (χ1n) is 5.36. The van der Waals surface area contributed by atoms with Crippen LogP contribution in [0.3, 0.4) is 0 Å². The lowest BCUT2D eigenvalue weighted by Crippen LogP contribution is -2.18. The van der Waals surface area contributed by atoms with Crippen molar-refractivity contribution < 1.29 is 14.3 Å². The highest BCUT2D eigenvalue weighted by atomic mass is 16.5. The van der Waals surface area contributed by atoms with Crippen LogP contribution in [0.1, 0.15) is 10.4 Å². The number of carbonyl (C=O) groups is 1. The van der Waals surface area contributed by atoms with E-state index in [0.29, 0.717) is 0 Å². The molecule has 1 aromatic carbocycles. The Hall–Kier alpha value is -3.77. The summed E-state index contributed by atoms with van der Waals surface area (Å²) in [5.41, 5.74) is 24.1. The highest BCUT2D eigenvalue weighted by molar-refractivity contribution is 6.02. The van der Waals surface area contributed by atoms with Crippen molar-refractivity contribution in [3.63, 3.8) is 0 Å². The number of primary amides is 1. The third-order valence-electron chi connectivity index (χ3n) is 2.18. The van der Waals surface area contributed by atoms with Gasteiger partial charge in [-0.25, -0.2) is 0 Å². The largest absolute Gasteiger partial charge is 0.422 e. The molecule has 0 bridgehead atoms. The van der Waals surface area contributed by atoms with Gasteiger partial charge in [0, 0.05) is 12.1 Å². The molecule has 0 radical (unpaired) electrons. The number of ether oxygens (including phenoxy) is 2. The molecule has 1 amide bonds. The minimum absolute atomic E-state index is 0.0148. The Bertz CT molecular complexity index is 668. The van der Waals surface area contributed by atoms with Crippen LogP contribution in [0.4, 0.5) is 5.69 Å². The average Bonchev–Trinajstić information content (AvgIpc) is 2.49. The van der Waals surface area contributed by atoms with Gasteiger partial charge in [0.2, 0.25) is 0 Å². The Morgan fingerprint density at radius 1 is 1.05 bits per heavy atom. The second-order valence-corrected chi connectivity index (χ2v) is 3.50. The van der Waals surface area contributed by atoms with E-state index >= 15 is 0 Å². The van der Waals surface area contributed by atoms with Crippen LogP contribution < -0.4 is 32.6 Å². The summed E-state index contributed by atoms with van der Waals surface area (Å²) < 4.78 is 10.1. The van der Waals surface area contributed by atoms with Crippen molar-refractivity contribution in [3.05, 3.63) is 17.7 Å². The highest BCUT2D eigenvalue weighted by Crippen LogP contribution is 2.31. The van der Waals surface area contributed by atoms with Gasteiger partial charge in [-0.3, -0.25) is 4.79 Å². The molecule has 1 aromatic rings. The Balaban J connectivity index is 3.36. The second-order valence-electron chi connectivity index (χ2n) is 3.50. The van der Waals surface area contributed by atoms with E-state index in [1.807, 2.05) is 0 Å². The van der Waals surface area contributed by atoms with Gasteiger partial charge >= 0.3 is 12.0 Å². The van der Waals surface area contributed by atoms with Crippen molar-refractivity contribution in [1.29, 1.82) is 11.1 Å². The maximum atomic E-state index is 11.4. The number of nitrogen functional groups attached to an aromatic ring is 1. The predicted octanol–water partition coefficient (Wildman–Crippen LogP) is -0.353. The van der Waals surface area contributed by atoms with E-state index < -0.39 is 18.0 Å². The zero-order valence-corrected chi connectivity index (χ0v) is 11.0. The number of rotatable bonds is 3. The summed E-state index contributed by atoms with van der Waals surface area (Å²) in [6.45, 7) is 0. The number of nitrogens with one attached hydrogen (secondary N) is 2. The fourth-order valence-corrected chi connectivity index (χ4v) is 1.37. The summed E-state index contributed by atoms with van der Waals surface area (Å²) in [5, 5.41) is 11.9. The van der Waals surface area contributed by atoms with Crippen molar-refractivity contribution in [2.75, 3.05) is 5.73 Å². The molecule has 116 valence electrons. The first-order chi connectivity index (χ1) is 10.5. The summed E-state index contributed by atoms with van der Waals surface area (Å²) in [6, 6.07) is 1.33. The number of anilines is 1. The van der Waals surface area contributed by atoms with Gasteiger partial charge in [0.1, 0.15) is 17.1 Å². The molecule has 0 atom stereocenters. The lowest BCUT2D eigenvalue weighted by Gasteiger charge is -2.12. The lowest BCUT2D eigenvalue weighted by molar-refractivity contribution is 0.0999. The molecule has 0 aromatic heterocycles. The molecule has 13 nitrogen and oxygen atoms in total. The zero-order chi connectivity index (χ0) is 16.7. The van der Waals surface area contributed by atoms with Crippen LogP contribution in [-0.2, 0) is 0 Å². The number of hydrogen-bond donors (Lipinski definition) is 6. The molecule has 0 saturated carbocycles. The van der Waals surface area contributed by atoms with Gasteiger partial charge in [0.25, 0.3) is 5.91 Å². The normalized spacial score (nSPS) is 11.6. The van der Waals surface area contributed by atoms with Crippen LogP contribution in [-0.4, -0.2) is 18.0 Å². The number of amides is 1. The smallest absolute Gasteiger partial charge is 0.357 e. The quantitative estimate of drug-likeness (QED) is 0.109. The maximum absolute atomic E-state index is 11.4. The van der Waals surface area contributed by atoms with Crippen molar-refractivity contribution in [3.8, 4) is 11.5 Å². The summed E-state index contributed by atoms with van der Waals surface area (Å²) in [5.74, 6) is 8.76. The fourth-order valence-electron chi connectivity index (χ4n) is 1.37. The standard InChI is InChI=1S/C9H12N10O3/c10-4-1-3(21-8(16-12)17-13)2-5(6(4)7(11)20)22-9(18-14)19-15/h1-2,12,14H,10,13,15H2,(H2,11,20). The molecule has 10 N–H and O–H groups in total. The molecule has 0 saturated heterocycles. The fraction of sp³-hybridized carbons (Fsp3) is 0. The Morgan fingerprint density at radius 3 is 2.05 bits per heavy atom. The molecule has 0 aliphatic carbocycles. The van der Waals surface area contributed by atoms with Crippen molar-refractivity contribution in [1.82, 2.24) is 0 Å². The van der Waals surface area contributed by atoms with E-state index in [4.69, 9.17) is 43.7 Å². The van der Waals surface area contributed by atoms with Crippen LogP contribution in [0, 0.1) is 11.1 Å². The van der Waals surface area contributed by atoms with Gasteiger partial charge < -0.3 is 32.6 Å². The molecule has 22 heavy (non-hydrogen) atoms. The van der Waals surface area contributed by atoms with E-state index in [1.54, 1.807) is 0 Å². The van der Waals surface area contributed by atoms with Crippen LogP contribution in [0.25, 0.3) is 0 Å². The van der Waals surface area contributed by atoms with Crippen LogP contribution in [0.15, 0.2) is 32.6 Å². The molecule has 13 heteroatoms. The molecule has 0 heterocycles. The predicted molar refractivity (Wildman–Crippen MR) is 74.2 cm³/mol. The van der Waals surface area contributed by atoms with Gasteiger partial charge in [-0.05, 0) is 0 Å². The van der Waals surface area contributed by atoms with Gasteiger partial charge in [-0.15, -0.1) is 10.2 Å². The van der Waals surface area contributed by atoms with E-state index in [1.165, 1.54) is 6.07 Å². The molecule has 1 rings (SSSR count). The van der Waals surface area contributed by atoms with Crippen LogP contribution in [0.5, 0.6) is 11.5 Å². The van der Waals surface area contributed by atoms with Crippen molar-refractivity contribution in [2.45, 2.75) is 0 Å². The minimum Gasteiger partial charge on any atom is -0.422 e. The maximum Gasteiger partial charge on any atom is 0.357 e. The van der Waals surface area contributed by atoms with Gasteiger partial charge in [-0.1, -0.05) is 10.2 Å². The molecule has 0 aliphatic heterocycles. The number of nitrogens with zero attached hydrogens (tertiary/aromatic N) is 4. The molecule has 0 spiro atoms. The van der Waals surface area contributed by atoms with Crippen molar-refractivity contribution >= 4 is 23.6 Å². The summed E-state index contributed by atoms with van der Waals surface area (Å²) in [7, 11) is 0. The summed E-state index contributed by atoms with van der Waals surface area (Å²) in [6.07, 6.45) is 0. The molecular formula is C9H12N10O3. The first-order valence-corrected chi connectivity index (χ1v) is 5.36. The number of nitrogens with two attached hydrogens (primary N) is 4. The number of carbonyl (C=O) groups excluding carboxylic acids is 1. The number of benzene rings is 1. The number of amidine groups is 2. The summed E-state index contributed by atoms with van der Waals surface area (Å²) >= 11 is 0. The topological polar surface area (TPSA) is 237 Å². The molecular weight excluding hydrogens is 296 g/mol. The van der Waals surface area contributed by atoms with E-state index in [0.717, 1.165) is 6.07 Å². The summed E-state index contributed by atoms with van der Waals surface area (Å²) in [4.78, 5) is 11.4. The van der Waals surface area contributed by atoms with E-state index in [2.05, 4.69) is 20.4 Å². The first kappa shape index (κ1) is 16.3. The van der Waals surface area contributed by atoms with Crippen LogP contribution >= 0.6 is 0 Å².